The van der Waals surface area contributed by atoms with Crippen molar-refractivity contribution in [1.29, 1.82) is 0 Å². The summed E-state index contributed by atoms with van der Waals surface area (Å²) >= 11 is 0. The van der Waals surface area contributed by atoms with Crippen molar-refractivity contribution < 1.29 is 14.3 Å². The van der Waals surface area contributed by atoms with Crippen LogP contribution in [-0.2, 0) is 16.5 Å². The van der Waals surface area contributed by atoms with Crippen LogP contribution in [0.1, 0.15) is 36.3 Å². The fourth-order valence-electron chi connectivity index (χ4n) is 2.71. The highest BCUT2D eigenvalue weighted by molar-refractivity contribution is 5.88. The van der Waals surface area contributed by atoms with Crippen molar-refractivity contribution in [2.45, 2.75) is 25.8 Å². The van der Waals surface area contributed by atoms with Gasteiger partial charge >= 0.3 is 5.97 Å². The Kier molecular flexibility index (Phi) is 4.24. The van der Waals surface area contributed by atoms with Gasteiger partial charge in [0.25, 0.3) is 0 Å². The second-order valence-electron chi connectivity index (χ2n) is 5.29. The molecule has 1 aliphatic rings. The molecule has 3 heterocycles. The Labute approximate surface area is 128 Å². The second kappa shape index (κ2) is 6.31. The van der Waals surface area contributed by atoms with Gasteiger partial charge in [-0.05, 0) is 25.8 Å². The van der Waals surface area contributed by atoms with Crippen molar-refractivity contribution in [2.75, 3.05) is 19.8 Å². The van der Waals surface area contributed by atoms with Crippen LogP contribution >= 0.6 is 0 Å². The Morgan fingerprint density at radius 3 is 3.00 bits per heavy atom. The van der Waals surface area contributed by atoms with Gasteiger partial charge in [0.15, 0.2) is 5.69 Å². The number of hydrogen-bond donors (Lipinski definition) is 0. The number of esters is 1. The second-order valence-corrected chi connectivity index (χ2v) is 5.29. The number of nitrogens with zero attached hydrogens (tertiary/aromatic N) is 4. The number of ether oxygens (including phenoxy) is 2. The lowest BCUT2D eigenvalue weighted by Crippen LogP contribution is -2.23. The van der Waals surface area contributed by atoms with E-state index in [0.29, 0.717) is 18.9 Å². The standard InChI is InChI=1S/C15H20N4O3/c1-3-22-15(20)12-9-14(13-6-7-16-18(13)2)19(17-12)11-5-4-8-21-10-11/h6-7,9,11H,3-5,8,10H2,1-2H3. The monoisotopic (exact) mass is 304 g/mol. The van der Waals surface area contributed by atoms with Gasteiger partial charge in [-0.15, -0.1) is 0 Å². The van der Waals surface area contributed by atoms with E-state index in [-0.39, 0.29) is 6.04 Å². The first-order valence-corrected chi connectivity index (χ1v) is 7.53. The molecule has 1 atom stereocenters. The van der Waals surface area contributed by atoms with E-state index in [1.165, 1.54) is 0 Å². The highest BCUT2D eigenvalue weighted by atomic mass is 16.5. The average Bonchev–Trinajstić information content (AvgIpc) is 3.14. The van der Waals surface area contributed by atoms with Gasteiger partial charge in [0.2, 0.25) is 0 Å². The highest BCUT2D eigenvalue weighted by Gasteiger charge is 2.24. The van der Waals surface area contributed by atoms with Crippen LogP contribution in [-0.4, -0.2) is 45.4 Å². The molecule has 2 aromatic rings. The van der Waals surface area contributed by atoms with Crippen LogP contribution in [0.2, 0.25) is 0 Å². The molecule has 1 aliphatic heterocycles. The van der Waals surface area contributed by atoms with Gasteiger partial charge < -0.3 is 9.47 Å². The molecule has 3 rings (SSSR count). The lowest BCUT2D eigenvalue weighted by atomic mass is 10.1. The first-order chi connectivity index (χ1) is 10.7. The third-order valence-electron chi connectivity index (χ3n) is 3.79. The van der Waals surface area contributed by atoms with E-state index >= 15 is 0 Å². The third-order valence-corrected chi connectivity index (χ3v) is 3.79. The molecule has 118 valence electrons. The third kappa shape index (κ3) is 2.76. The fraction of sp³-hybridized carbons (Fsp3) is 0.533. The quantitative estimate of drug-likeness (QED) is 0.806. The van der Waals surface area contributed by atoms with Gasteiger partial charge in [0, 0.05) is 25.9 Å². The Hall–Kier alpha value is -2.15. The maximum absolute atomic E-state index is 12.0. The molecule has 1 unspecified atom stereocenters. The first kappa shape index (κ1) is 14.8. The SMILES string of the molecule is CCOC(=O)c1cc(-c2ccnn2C)n(C2CCCOC2)n1. The molecule has 1 fully saturated rings. The minimum Gasteiger partial charge on any atom is -0.461 e. The van der Waals surface area contributed by atoms with Gasteiger partial charge in [-0.1, -0.05) is 0 Å². The lowest BCUT2D eigenvalue weighted by Gasteiger charge is -2.24. The number of carbonyl (C=O) groups excluding carboxylic acids is 1. The van der Waals surface area contributed by atoms with Crippen molar-refractivity contribution in [3.8, 4) is 11.4 Å². The summed E-state index contributed by atoms with van der Waals surface area (Å²) in [7, 11) is 1.87. The van der Waals surface area contributed by atoms with Crippen LogP contribution in [0.25, 0.3) is 11.4 Å². The van der Waals surface area contributed by atoms with Gasteiger partial charge in [0.1, 0.15) is 0 Å². The minimum atomic E-state index is -0.401. The number of aromatic nitrogens is 4. The van der Waals surface area contributed by atoms with E-state index in [9.17, 15) is 4.79 Å². The van der Waals surface area contributed by atoms with Gasteiger partial charge in [-0.25, -0.2) is 4.79 Å². The summed E-state index contributed by atoms with van der Waals surface area (Å²) in [6, 6.07) is 3.80. The first-order valence-electron chi connectivity index (χ1n) is 7.53. The molecule has 0 spiro atoms. The van der Waals surface area contributed by atoms with Crippen LogP contribution in [0.3, 0.4) is 0 Å². The van der Waals surface area contributed by atoms with Crippen LogP contribution in [0.5, 0.6) is 0 Å². The molecule has 0 N–H and O–H groups in total. The summed E-state index contributed by atoms with van der Waals surface area (Å²) in [5, 5.41) is 8.67. The van der Waals surface area contributed by atoms with Crippen molar-refractivity contribution in [1.82, 2.24) is 19.6 Å². The molecule has 2 aromatic heterocycles. The summed E-state index contributed by atoms with van der Waals surface area (Å²) in [6.07, 6.45) is 3.70. The summed E-state index contributed by atoms with van der Waals surface area (Å²) in [5.41, 5.74) is 2.09. The Bertz CT molecular complexity index is 656. The van der Waals surface area contributed by atoms with Gasteiger partial charge in [0.05, 0.1) is 30.6 Å². The topological polar surface area (TPSA) is 71.2 Å². The molecule has 0 bridgehead atoms. The molecule has 22 heavy (non-hydrogen) atoms. The van der Waals surface area contributed by atoms with Crippen LogP contribution in [0.15, 0.2) is 18.3 Å². The molecule has 7 nitrogen and oxygen atoms in total. The van der Waals surface area contributed by atoms with Gasteiger partial charge in [-0.3, -0.25) is 9.36 Å². The molecular weight excluding hydrogens is 284 g/mol. The smallest absolute Gasteiger partial charge is 0.358 e. The van der Waals surface area contributed by atoms with Crippen molar-refractivity contribution in [2.24, 2.45) is 7.05 Å². The van der Waals surface area contributed by atoms with Crippen molar-refractivity contribution in [3.63, 3.8) is 0 Å². The lowest BCUT2D eigenvalue weighted by molar-refractivity contribution is 0.0494. The molecule has 1 saturated heterocycles. The van der Waals surface area contributed by atoms with Gasteiger partial charge in [-0.2, -0.15) is 10.2 Å². The predicted octanol–water partition coefficient (Wildman–Crippen LogP) is 1.81. The fourth-order valence-corrected chi connectivity index (χ4v) is 2.71. The van der Waals surface area contributed by atoms with E-state index in [4.69, 9.17) is 9.47 Å². The van der Waals surface area contributed by atoms with E-state index < -0.39 is 5.97 Å². The molecule has 0 saturated carbocycles. The number of rotatable bonds is 4. The van der Waals surface area contributed by atoms with Crippen molar-refractivity contribution >= 4 is 5.97 Å². The number of aryl methyl sites for hydroxylation is 1. The molecule has 7 heteroatoms. The normalized spacial score (nSPS) is 18.4. The Morgan fingerprint density at radius 2 is 2.36 bits per heavy atom. The zero-order chi connectivity index (χ0) is 15.5. The number of carbonyl (C=O) groups is 1. The summed E-state index contributed by atoms with van der Waals surface area (Å²) in [6.45, 7) is 3.50. The van der Waals surface area contributed by atoms with Crippen LogP contribution in [0.4, 0.5) is 0 Å². The summed E-state index contributed by atoms with van der Waals surface area (Å²) < 4.78 is 14.3. The molecule has 0 aromatic carbocycles. The van der Waals surface area contributed by atoms with Crippen molar-refractivity contribution in [3.05, 3.63) is 24.0 Å². The van der Waals surface area contributed by atoms with E-state index in [1.807, 2.05) is 17.8 Å². The maximum atomic E-state index is 12.0. The average molecular weight is 304 g/mol. The predicted molar refractivity (Wildman–Crippen MR) is 79.5 cm³/mol. The van der Waals surface area contributed by atoms with E-state index in [2.05, 4.69) is 10.2 Å². The van der Waals surface area contributed by atoms with E-state index in [0.717, 1.165) is 30.8 Å². The van der Waals surface area contributed by atoms with Crippen LogP contribution < -0.4 is 0 Å². The number of hydrogen-bond acceptors (Lipinski definition) is 5. The molecule has 0 amide bonds. The summed E-state index contributed by atoms with van der Waals surface area (Å²) in [5.74, 6) is -0.401. The molecular formula is C15H20N4O3. The molecule has 0 aliphatic carbocycles. The van der Waals surface area contributed by atoms with Crippen LogP contribution in [0, 0.1) is 0 Å². The minimum absolute atomic E-state index is 0.127. The largest absolute Gasteiger partial charge is 0.461 e. The molecule has 0 radical (unpaired) electrons. The Balaban J connectivity index is 2.01. The van der Waals surface area contributed by atoms with E-state index in [1.54, 1.807) is 23.9 Å². The summed E-state index contributed by atoms with van der Waals surface area (Å²) in [4.78, 5) is 12.0. The maximum Gasteiger partial charge on any atom is 0.358 e. The Morgan fingerprint density at radius 1 is 1.50 bits per heavy atom. The highest BCUT2D eigenvalue weighted by Crippen LogP contribution is 2.27. The zero-order valence-electron chi connectivity index (χ0n) is 12.9. The zero-order valence-corrected chi connectivity index (χ0v) is 12.9.